The number of aromatic nitrogens is 3. The van der Waals surface area contributed by atoms with Gasteiger partial charge in [-0.1, -0.05) is 30.3 Å². The van der Waals surface area contributed by atoms with Gasteiger partial charge in [0.2, 0.25) is 0 Å². The number of halogens is 1. The summed E-state index contributed by atoms with van der Waals surface area (Å²) in [5.74, 6) is 0.666. The van der Waals surface area contributed by atoms with Crippen LogP contribution >= 0.6 is 0 Å². The number of hydrogen-bond donors (Lipinski definition) is 2. The second-order valence-electron chi connectivity index (χ2n) is 8.62. The Balaban J connectivity index is 1.32. The molecule has 10 heteroatoms. The van der Waals surface area contributed by atoms with Crippen LogP contribution < -0.4 is 20.5 Å². The van der Waals surface area contributed by atoms with Gasteiger partial charge in [0.25, 0.3) is 5.56 Å². The molecule has 0 aliphatic carbocycles. The van der Waals surface area contributed by atoms with Crippen LogP contribution in [0.15, 0.2) is 71.8 Å². The molecule has 4 aromatic rings. The van der Waals surface area contributed by atoms with Crippen LogP contribution in [-0.4, -0.2) is 40.7 Å². The summed E-state index contributed by atoms with van der Waals surface area (Å²) in [4.78, 5) is 36.9. The molecule has 0 saturated carbocycles. The van der Waals surface area contributed by atoms with Gasteiger partial charge in [-0.3, -0.25) is 4.79 Å². The molecule has 1 amide bonds. The van der Waals surface area contributed by atoms with Crippen molar-refractivity contribution in [2.45, 2.75) is 32.5 Å². The molecule has 192 valence electrons. The van der Waals surface area contributed by atoms with E-state index >= 15 is 0 Å². The van der Waals surface area contributed by atoms with Crippen molar-refractivity contribution in [3.63, 3.8) is 0 Å². The average molecular weight is 506 g/mol. The van der Waals surface area contributed by atoms with Gasteiger partial charge < -0.3 is 24.7 Å². The maximum Gasteiger partial charge on any atom is 0.407 e. The topological polar surface area (TPSA) is 109 Å². The summed E-state index contributed by atoms with van der Waals surface area (Å²) < 4.78 is 25.2. The van der Waals surface area contributed by atoms with E-state index in [0.29, 0.717) is 42.2 Å². The summed E-state index contributed by atoms with van der Waals surface area (Å²) >= 11 is 0. The number of anilines is 1. The fourth-order valence-corrected chi connectivity index (χ4v) is 3.69. The Morgan fingerprint density at radius 1 is 1.16 bits per heavy atom. The molecule has 2 N–H and O–H groups in total. The fraction of sp³-hybridized carbons (Fsp3) is 0.259. The number of alkyl carbamates (subject to hydrolysis) is 1. The van der Waals surface area contributed by atoms with Gasteiger partial charge in [0.1, 0.15) is 24.0 Å². The predicted octanol–water partition coefficient (Wildman–Crippen LogP) is 4.18. The van der Waals surface area contributed by atoms with Crippen molar-refractivity contribution in [1.82, 2.24) is 20.3 Å². The first kappa shape index (κ1) is 25.6. The number of H-pyrrole nitrogens is 1. The van der Waals surface area contributed by atoms with E-state index in [2.05, 4.69) is 20.3 Å². The molecule has 0 radical (unpaired) electrons. The van der Waals surface area contributed by atoms with Crippen LogP contribution in [0, 0.1) is 5.82 Å². The molecule has 4 rings (SSSR count). The third-order valence-corrected chi connectivity index (χ3v) is 5.68. The number of aromatic amines is 1. The Morgan fingerprint density at radius 3 is 2.78 bits per heavy atom. The standard InChI is InChI=1S/C27H28FN5O4/c1-18(31-27(35)37-16-19-6-4-3-5-7-19)12-13-36-23-10-8-21(28)14-20(23)15-33(2)24-11-9-22-25(32-24)26(34)30-17-29-22/h3-11,14,17-18H,12-13,15-16H2,1-2H3,(H,31,35)(H,29,30,34)/t18-/m1/s1. The highest BCUT2D eigenvalue weighted by molar-refractivity contribution is 5.74. The van der Waals surface area contributed by atoms with E-state index in [-0.39, 0.29) is 29.5 Å². The fourth-order valence-electron chi connectivity index (χ4n) is 3.69. The van der Waals surface area contributed by atoms with E-state index in [0.717, 1.165) is 5.56 Å². The van der Waals surface area contributed by atoms with Gasteiger partial charge in [-0.05, 0) is 42.8 Å². The summed E-state index contributed by atoms with van der Waals surface area (Å²) in [6.07, 6.45) is 1.35. The number of rotatable bonds is 10. The Hall–Kier alpha value is -4.47. The Bertz CT molecular complexity index is 1410. The largest absolute Gasteiger partial charge is 0.493 e. The zero-order valence-electron chi connectivity index (χ0n) is 20.6. The summed E-state index contributed by atoms with van der Waals surface area (Å²) in [7, 11) is 1.79. The lowest BCUT2D eigenvalue weighted by atomic mass is 10.1. The van der Waals surface area contributed by atoms with Crippen LogP contribution in [0.25, 0.3) is 11.0 Å². The van der Waals surface area contributed by atoms with Crippen LogP contribution in [0.5, 0.6) is 5.75 Å². The first-order chi connectivity index (χ1) is 17.9. The van der Waals surface area contributed by atoms with Crippen molar-refractivity contribution in [3.05, 3.63) is 94.3 Å². The number of nitrogens with one attached hydrogen (secondary N) is 2. The van der Waals surface area contributed by atoms with Crippen molar-refractivity contribution in [1.29, 1.82) is 0 Å². The summed E-state index contributed by atoms with van der Waals surface area (Å²) in [6, 6.07) is 17.0. The number of ether oxygens (including phenoxy) is 2. The first-order valence-electron chi connectivity index (χ1n) is 11.8. The lowest BCUT2D eigenvalue weighted by Crippen LogP contribution is -2.34. The zero-order valence-corrected chi connectivity index (χ0v) is 20.6. The second kappa shape index (κ2) is 12.0. The molecule has 2 heterocycles. The molecular formula is C27H28FN5O4. The van der Waals surface area contributed by atoms with Crippen molar-refractivity contribution in [2.24, 2.45) is 0 Å². The molecule has 0 spiro atoms. The lowest BCUT2D eigenvalue weighted by Gasteiger charge is -2.21. The van der Waals surface area contributed by atoms with Gasteiger partial charge in [-0.25, -0.2) is 19.2 Å². The SMILES string of the molecule is C[C@H](CCOc1ccc(F)cc1CN(C)c1ccc2nc[nH]c(=O)c2n1)NC(=O)OCc1ccccc1. The van der Waals surface area contributed by atoms with Gasteiger partial charge in [-0.15, -0.1) is 0 Å². The van der Waals surface area contributed by atoms with Gasteiger partial charge in [0, 0.05) is 31.6 Å². The van der Waals surface area contributed by atoms with Gasteiger partial charge >= 0.3 is 6.09 Å². The van der Waals surface area contributed by atoms with E-state index < -0.39 is 6.09 Å². The van der Waals surface area contributed by atoms with Crippen LogP contribution in [0.3, 0.4) is 0 Å². The minimum Gasteiger partial charge on any atom is -0.493 e. The molecule has 0 fully saturated rings. The van der Waals surface area contributed by atoms with E-state index in [9.17, 15) is 14.0 Å². The second-order valence-corrected chi connectivity index (χ2v) is 8.62. The van der Waals surface area contributed by atoms with E-state index in [1.54, 1.807) is 30.1 Å². The van der Waals surface area contributed by atoms with Gasteiger partial charge in [0.15, 0.2) is 5.52 Å². The summed E-state index contributed by atoms with van der Waals surface area (Å²) in [5.41, 5.74) is 1.91. The number of carbonyl (C=O) groups is 1. The summed E-state index contributed by atoms with van der Waals surface area (Å²) in [6.45, 7) is 2.65. The van der Waals surface area contributed by atoms with Crippen LogP contribution in [0.4, 0.5) is 15.0 Å². The highest BCUT2D eigenvalue weighted by Crippen LogP contribution is 2.24. The van der Waals surface area contributed by atoms with Crippen LogP contribution in [0.1, 0.15) is 24.5 Å². The molecule has 2 aromatic heterocycles. The number of hydrogen-bond acceptors (Lipinski definition) is 7. The predicted molar refractivity (Wildman–Crippen MR) is 138 cm³/mol. The van der Waals surface area contributed by atoms with E-state index in [1.165, 1.54) is 18.5 Å². The quantitative estimate of drug-likeness (QED) is 0.333. The smallest absolute Gasteiger partial charge is 0.407 e. The van der Waals surface area contributed by atoms with E-state index in [4.69, 9.17) is 9.47 Å². The molecule has 0 aliphatic rings. The number of amides is 1. The molecule has 0 saturated heterocycles. The molecular weight excluding hydrogens is 477 g/mol. The van der Waals surface area contributed by atoms with Crippen molar-refractivity contribution in [2.75, 3.05) is 18.6 Å². The normalized spacial score (nSPS) is 11.6. The monoisotopic (exact) mass is 505 g/mol. The number of benzene rings is 2. The third-order valence-electron chi connectivity index (χ3n) is 5.68. The minimum atomic E-state index is -0.502. The maximum atomic E-state index is 14.0. The number of nitrogens with zero attached hydrogens (tertiary/aromatic N) is 3. The highest BCUT2D eigenvalue weighted by Gasteiger charge is 2.13. The Morgan fingerprint density at radius 2 is 1.97 bits per heavy atom. The minimum absolute atomic E-state index is 0.191. The van der Waals surface area contributed by atoms with Crippen LogP contribution in [-0.2, 0) is 17.9 Å². The zero-order chi connectivity index (χ0) is 26.2. The molecule has 37 heavy (non-hydrogen) atoms. The number of fused-ring (bicyclic) bond motifs is 1. The number of carbonyl (C=O) groups excluding carboxylic acids is 1. The average Bonchev–Trinajstić information content (AvgIpc) is 2.89. The molecule has 1 atom stereocenters. The molecule has 0 aliphatic heterocycles. The molecule has 0 unspecified atom stereocenters. The molecule has 2 aromatic carbocycles. The van der Waals surface area contributed by atoms with Gasteiger partial charge in [0.05, 0.1) is 18.5 Å². The number of pyridine rings is 1. The van der Waals surface area contributed by atoms with Crippen molar-refractivity contribution in [3.8, 4) is 5.75 Å². The Kier molecular flexibility index (Phi) is 8.29. The van der Waals surface area contributed by atoms with E-state index in [1.807, 2.05) is 37.3 Å². The van der Waals surface area contributed by atoms with Gasteiger partial charge in [-0.2, -0.15) is 0 Å². The highest BCUT2D eigenvalue weighted by atomic mass is 19.1. The van der Waals surface area contributed by atoms with Crippen molar-refractivity contribution < 1.29 is 18.7 Å². The molecule has 0 bridgehead atoms. The van der Waals surface area contributed by atoms with Crippen LogP contribution in [0.2, 0.25) is 0 Å². The maximum absolute atomic E-state index is 14.0. The first-order valence-corrected chi connectivity index (χ1v) is 11.8. The third kappa shape index (κ3) is 7.03. The molecule has 9 nitrogen and oxygen atoms in total. The lowest BCUT2D eigenvalue weighted by molar-refractivity contribution is 0.135. The Labute approximate surface area is 213 Å². The van der Waals surface area contributed by atoms with Crippen molar-refractivity contribution >= 4 is 22.9 Å². The summed E-state index contributed by atoms with van der Waals surface area (Å²) in [5, 5.41) is 2.78.